The molecule has 3 heterocycles. The molecule has 0 aliphatic carbocycles. The summed E-state index contributed by atoms with van der Waals surface area (Å²) >= 11 is 0. The van der Waals surface area contributed by atoms with Crippen molar-refractivity contribution in [3.63, 3.8) is 0 Å². The number of benzene rings is 2. The number of anilines is 2. The number of methoxy groups -OCH3 is 1. The number of hydrogen-bond acceptors (Lipinski definition) is 10. The van der Waals surface area contributed by atoms with E-state index in [0.717, 1.165) is 0 Å². The van der Waals surface area contributed by atoms with E-state index in [1.165, 1.54) is 45.1 Å². The van der Waals surface area contributed by atoms with Crippen molar-refractivity contribution in [2.75, 3.05) is 12.4 Å². The minimum absolute atomic E-state index is 0.0173. The number of halogens is 1. The van der Waals surface area contributed by atoms with Crippen LogP contribution in [-0.2, 0) is 4.79 Å². The van der Waals surface area contributed by atoms with Gasteiger partial charge in [-0.3, -0.25) is 9.20 Å². The van der Waals surface area contributed by atoms with Crippen LogP contribution in [0.1, 0.15) is 6.92 Å². The highest BCUT2D eigenvalue weighted by molar-refractivity contribution is 5.93. The van der Waals surface area contributed by atoms with Crippen molar-refractivity contribution in [2.24, 2.45) is 0 Å². The molecule has 0 atom stereocenters. The summed E-state index contributed by atoms with van der Waals surface area (Å²) in [6.45, 7) is 1.29. The summed E-state index contributed by atoms with van der Waals surface area (Å²) in [6.07, 6.45) is 4.32. The Bertz CT molecular complexity index is 1540. The summed E-state index contributed by atoms with van der Waals surface area (Å²) in [7, 11) is 1.46. The molecule has 0 radical (unpaired) electrons. The van der Waals surface area contributed by atoms with E-state index in [4.69, 9.17) is 14.2 Å². The van der Waals surface area contributed by atoms with Gasteiger partial charge in [-0.15, -0.1) is 10.2 Å². The summed E-state index contributed by atoms with van der Waals surface area (Å²) in [5, 5.41) is 11.3. The monoisotopic (exact) mass is 461 g/mol. The summed E-state index contributed by atoms with van der Waals surface area (Å²) in [4.78, 5) is 24.0. The first-order chi connectivity index (χ1) is 16.5. The third-order valence-electron chi connectivity index (χ3n) is 4.75. The highest BCUT2D eigenvalue weighted by atomic mass is 19.1. The lowest BCUT2D eigenvalue weighted by Crippen LogP contribution is -2.04. The van der Waals surface area contributed by atoms with Crippen molar-refractivity contribution in [3.8, 4) is 23.1 Å². The average Bonchev–Trinajstić information content (AvgIpc) is 3.28. The first-order valence-electron chi connectivity index (χ1n) is 9.91. The maximum absolute atomic E-state index is 14.8. The van der Waals surface area contributed by atoms with Gasteiger partial charge in [0.15, 0.2) is 28.7 Å². The van der Waals surface area contributed by atoms with Crippen LogP contribution >= 0.6 is 0 Å². The molecule has 5 rings (SSSR count). The molecule has 0 aliphatic heterocycles. The second-order valence-electron chi connectivity index (χ2n) is 7.03. The SMILES string of the molecule is COc1cc2ncnc(Nc3ccc(Oc4cc5nncn5cn4)c(F)c3)c2cc1OC(C)=O. The highest BCUT2D eigenvalue weighted by Gasteiger charge is 2.14. The quantitative estimate of drug-likeness (QED) is 0.296. The number of hydrogen-bond donors (Lipinski definition) is 1. The van der Waals surface area contributed by atoms with Crippen molar-refractivity contribution in [2.45, 2.75) is 6.92 Å². The van der Waals surface area contributed by atoms with Crippen LogP contribution < -0.4 is 19.5 Å². The van der Waals surface area contributed by atoms with Gasteiger partial charge >= 0.3 is 5.97 Å². The maximum atomic E-state index is 14.8. The molecule has 170 valence electrons. The second kappa shape index (κ2) is 8.58. The molecule has 0 amide bonds. The van der Waals surface area contributed by atoms with Crippen molar-refractivity contribution in [3.05, 3.63) is 61.2 Å². The van der Waals surface area contributed by atoms with Gasteiger partial charge in [-0.05, 0) is 18.2 Å². The molecular weight excluding hydrogens is 445 g/mol. The summed E-state index contributed by atoms with van der Waals surface area (Å²) in [5.74, 6) is -0.0171. The molecule has 0 spiro atoms. The van der Waals surface area contributed by atoms with Crippen LogP contribution in [-0.4, -0.2) is 42.6 Å². The number of carbonyl (C=O) groups excluding carboxylic acids is 1. The molecule has 1 N–H and O–H groups in total. The van der Waals surface area contributed by atoms with Gasteiger partial charge in [-0.1, -0.05) is 0 Å². The van der Waals surface area contributed by atoms with Gasteiger partial charge in [0.05, 0.1) is 12.6 Å². The Balaban J connectivity index is 1.43. The zero-order valence-electron chi connectivity index (χ0n) is 17.9. The molecule has 11 nitrogen and oxygen atoms in total. The molecule has 0 aliphatic rings. The minimum Gasteiger partial charge on any atom is -0.493 e. The van der Waals surface area contributed by atoms with Gasteiger partial charge in [-0.2, -0.15) is 0 Å². The van der Waals surface area contributed by atoms with E-state index in [2.05, 4.69) is 30.5 Å². The third kappa shape index (κ3) is 4.11. The van der Waals surface area contributed by atoms with Gasteiger partial charge in [0.2, 0.25) is 5.88 Å². The van der Waals surface area contributed by atoms with E-state index in [1.807, 2.05) is 0 Å². The second-order valence-corrected chi connectivity index (χ2v) is 7.03. The lowest BCUT2D eigenvalue weighted by Gasteiger charge is -2.13. The molecule has 0 unspecified atom stereocenters. The maximum Gasteiger partial charge on any atom is 0.308 e. The van der Waals surface area contributed by atoms with Crippen molar-refractivity contribution >= 4 is 34.0 Å². The number of aromatic nitrogens is 6. The van der Waals surface area contributed by atoms with Crippen molar-refractivity contribution in [1.29, 1.82) is 0 Å². The van der Waals surface area contributed by atoms with Crippen molar-refractivity contribution < 1.29 is 23.4 Å². The van der Waals surface area contributed by atoms with E-state index >= 15 is 0 Å². The normalized spacial score (nSPS) is 10.9. The van der Waals surface area contributed by atoms with Gasteiger partial charge in [0.1, 0.15) is 24.8 Å². The number of ether oxygens (including phenoxy) is 3. The first-order valence-corrected chi connectivity index (χ1v) is 9.91. The first kappa shape index (κ1) is 21.0. The Hall–Kier alpha value is -4.87. The van der Waals surface area contributed by atoms with Crippen LogP contribution in [0, 0.1) is 5.82 Å². The summed E-state index contributed by atoms with van der Waals surface area (Å²) in [6, 6.07) is 9.09. The molecule has 3 aromatic heterocycles. The van der Waals surface area contributed by atoms with Crippen LogP contribution in [0.2, 0.25) is 0 Å². The van der Waals surface area contributed by atoms with Gasteiger partial charge < -0.3 is 19.5 Å². The van der Waals surface area contributed by atoms with Crippen LogP contribution in [0.4, 0.5) is 15.9 Å². The third-order valence-corrected chi connectivity index (χ3v) is 4.75. The molecule has 0 saturated carbocycles. The lowest BCUT2D eigenvalue weighted by atomic mass is 10.2. The van der Waals surface area contributed by atoms with E-state index in [9.17, 15) is 9.18 Å². The topological polar surface area (TPSA) is 126 Å². The standard InChI is InChI=1S/C22H16FN7O4/c1-12(31)33-19-6-14-16(7-18(19)32-2)24-9-25-22(14)28-13-3-4-17(15(23)5-13)34-21-8-20-29-27-11-30(20)10-26-21/h3-11H,1-2H3,(H,24,25,28). The Morgan fingerprint density at radius 3 is 2.71 bits per heavy atom. The van der Waals surface area contributed by atoms with Crippen LogP contribution in [0.25, 0.3) is 16.6 Å². The summed E-state index contributed by atoms with van der Waals surface area (Å²) in [5.41, 5.74) is 1.47. The van der Waals surface area contributed by atoms with E-state index in [-0.39, 0.29) is 17.4 Å². The smallest absolute Gasteiger partial charge is 0.308 e. The number of fused-ring (bicyclic) bond motifs is 2. The Labute approximate surface area is 191 Å². The zero-order chi connectivity index (χ0) is 23.7. The van der Waals surface area contributed by atoms with Gasteiger partial charge in [0, 0.05) is 36.2 Å². The fourth-order valence-electron chi connectivity index (χ4n) is 3.23. The number of nitrogens with zero attached hydrogens (tertiary/aromatic N) is 6. The predicted octanol–water partition coefficient (Wildman–Crippen LogP) is 3.68. The fraction of sp³-hybridized carbons (Fsp3) is 0.0909. The molecule has 0 fully saturated rings. The van der Waals surface area contributed by atoms with Crippen LogP contribution in [0.15, 0.2) is 55.4 Å². The van der Waals surface area contributed by atoms with Gasteiger partial charge in [-0.25, -0.2) is 19.3 Å². The number of nitrogens with one attached hydrogen (secondary N) is 1. The van der Waals surface area contributed by atoms with E-state index in [0.29, 0.717) is 33.8 Å². The molecule has 34 heavy (non-hydrogen) atoms. The molecular formula is C22H16FN7O4. The Kier molecular flexibility index (Phi) is 5.30. The van der Waals surface area contributed by atoms with Crippen LogP contribution in [0.3, 0.4) is 0 Å². The predicted molar refractivity (Wildman–Crippen MR) is 118 cm³/mol. The fourth-order valence-corrected chi connectivity index (χ4v) is 3.23. The lowest BCUT2D eigenvalue weighted by molar-refractivity contribution is -0.132. The molecule has 5 aromatic rings. The zero-order valence-corrected chi connectivity index (χ0v) is 17.9. The number of rotatable bonds is 6. The average molecular weight is 461 g/mol. The molecule has 12 heteroatoms. The Morgan fingerprint density at radius 1 is 1.03 bits per heavy atom. The number of esters is 1. The van der Waals surface area contributed by atoms with Crippen molar-refractivity contribution in [1.82, 2.24) is 29.5 Å². The summed E-state index contributed by atoms with van der Waals surface area (Å²) < 4.78 is 32.4. The van der Waals surface area contributed by atoms with Gasteiger partial charge in [0.25, 0.3) is 0 Å². The van der Waals surface area contributed by atoms with E-state index in [1.54, 1.807) is 28.7 Å². The largest absolute Gasteiger partial charge is 0.493 e. The molecule has 0 saturated heterocycles. The van der Waals surface area contributed by atoms with Crippen LogP contribution in [0.5, 0.6) is 23.1 Å². The molecule has 2 aromatic carbocycles. The highest BCUT2D eigenvalue weighted by Crippen LogP contribution is 2.35. The molecule has 0 bridgehead atoms. The minimum atomic E-state index is -0.617. The number of carbonyl (C=O) groups is 1. The Morgan fingerprint density at radius 2 is 1.91 bits per heavy atom. The van der Waals surface area contributed by atoms with E-state index < -0.39 is 11.8 Å².